The third-order valence-electron chi connectivity index (χ3n) is 13.9. The summed E-state index contributed by atoms with van der Waals surface area (Å²) in [6.07, 6.45) is 10.2. The van der Waals surface area contributed by atoms with E-state index in [9.17, 15) is 23.6 Å². The third-order valence-corrected chi connectivity index (χ3v) is 14.9. The maximum absolute atomic E-state index is 14.5. The van der Waals surface area contributed by atoms with Crippen LogP contribution in [0.25, 0.3) is 21.1 Å². The van der Waals surface area contributed by atoms with Gasteiger partial charge in [-0.2, -0.15) is 0 Å². The first-order valence-electron chi connectivity index (χ1n) is 23.6. The van der Waals surface area contributed by atoms with Crippen molar-refractivity contribution in [3.05, 3.63) is 71.3 Å². The predicted octanol–water partition coefficient (Wildman–Crippen LogP) is 5.87. The minimum atomic E-state index is -0.621. The average molecular weight is 963 g/mol. The highest BCUT2D eigenvalue weighted by atomic mass is 35.5. The summed E-state index contributed by atoms with van der Waals surface area (Å²) >= 11 is 1.64. The zero-order valence-corrected chi connectivity index (χ0v) is 39.8. The number of halogens is 2. The highest BCUT2D eigenvalue weighted by Gasteiger charge is 2.37. The van der Waals surface area contributed by atoms with Crippen molar-refractivity contribution >= 4 is 68.5 Å². The molecule has 360 valence electrons. The topological polar surface area (TPSA) is 168 Å². The lowest BCUT2D eigenvalue weighted by Gasteiger charge is -2.39. The molecule has 0 radical (unpaired) electrons. The number of nitrogens with one attached hydrogen (secondary N) is 2. The lowest BCUT2D eigenvalue weighted by Crippen LogP contribution is -2.59. The van der Waals surface area contributed by atoms with Gasteiger partial charge in [0.2, 0.25) is 17.7 Å². The van der Waals surface area contributed by atoms with Crippen molar-refractivity contribution in [3.63, 3.8) is 0 Å². The maximum atomic E-state index is 14.5. The van der Waals surface area contributed by atoms with Crippen LogP contribution in [0.5, 0.6) is 11.6 Å². The Bertz CT molecular complexity index is 2510. The average Bonchev–Trinajstić information content (AvgIpc) is 4.18. The number of amides is 4. The third kappa shape index (κ3) is 11.0. The molecule has 3 atom stereocenters. The summed E-state index contributed by atoms with van der Waals surface area (Å²) in [6.45, 7) is 5.92. The van der Waals surface area contributed by atoms with E-state index in [4.69, 9.17) is 14.0 Å². The second-order valence-electron chi connectivity index (χ2n) is 18.2. The lowest BCUT2D eigenvalue weighted by molar-refractivity contribution is -0.140. The van der Waals surface area contributed by atoms with Crippen molar-refractivity contribution in [2.45, 2.75) is 102 Å². The number of ether oxygens (including phenoxy) is 2. The van der Waals surface area contributed by atoms with Gasteiger partial charge in [0, 0.05) is 69.0 Å². The number of nitrogens with zero attached hydrogens (tertiary/aromatic N) is 7. The summed E-state index contributed by atoms with van der Waals surface area (Å²) < 4.78 is 35.5. The number of likely N-dealkylation sites (N-methyl/N-ethyl adjacent to an activating group) is 1. The van der Waals surface area contributed by atoms with Crippen LogP contribution in [-0.2, 0) is 27.5 Å². The first kappa shape index (κ1) is 48.2. The number of hydrogen-bond acceptors (Lipinski definition) is 12. The molecule has 9 rings (SSSR count). The van der Waals surface area contributed by atoms with Crippen LogP contribution >= 0.6 is 23.7 Å². The van der Waals surface area contributed by atoms with E-state index in [1.54, 1.807) is 62.9 Å². The molecular formula is C48H61ClFN9O7S. The van der Waals surface area contributed by atoms with E-state index in [0.717, 1.165) is 86.8 Å². The number of rotatable bonds is 15. The molecule has 1 saturated carbocycles. The molecule has 3 aliphatic heterocycles. The predicted molar refractivity (Wildman–Crippen MR) is 254 cm³/mol. The minimum absolute atomic E-state index is 0. The number of thiophene rings is 1. The molecule has 7 heterocycles. The van der Waals surface area contributed by atoms with Gasteiger partial charge in [-0.25, -0.2) is 4.39 Å². The van der Waals surface area contributed by atoms with Crippen LogP contribution in [0.1, 0.15) is 81.0 Å². The van der Waals surface area contributed by atoms with Crippen LogP contribution in [0.15, 0.2) is 58.6 Å². The highest BCUT2D eigenvalue weighted by Crippen LogP contribution is 2.32. The quantitative estimate of drug-likeness (QED) is 0.129. The fourth-order valence-corrected chi connectivity index (χ4v) is 10.9. The molecule has 4 fully saturated rings. The van der Waals surface area contributed by atoms with Gasteiger partial charge in [-0.3, -0.25) is 29.1 Å². The largest absolute Gasteiger partial charge is 0.489 e. The van der Waals surface area contributed by atoms with Crippen molar-refractivity contribution in [3.8, 4) is 11.6 Å². The number of pyridine rings is 1. The monoisotopic (exact) mass is 961 g/mol. The Morgan fingerprint density at radius 1 is 0.910 bits per heavy atom. The number of aromatic nitrogens is 3. The standard InChI is InChI=1S/C48H60FN9O7S.ClH/c1-31(50-2)46(60)52-44(32-7-4-3-5-8-32)48(62)56-22-20-55(21-23-56)47(61)40-26-33-25-34(49)10-11-39(33)58(40)29-43(59)57-17-6-9-35(57)30-63-42-27-37(65-53-42)28-54-18-13-36(14-19-54)64-41-12-16-51-38-15-24-66-45(38)41;/h10-12,15-16,24-27,31-32,35-36,44,50H,3-9,13-14,17-23,28-30H2,1-2H3,(H,52,60);1H/t31?,35?,44-;/m0./s1. The Hall–Kier alpha value is -5.30. The molecule has 16 nitrogen and oxygen atoms in total. The van der Waals surface area contributed by atoms with E-state index < -0.39 is 17.9 Å². The molecule has 0 spiro atoms. The van der Waals surface area contributed by atoms with Gasteiger partial charge in [-0.05, 0) is 105 Å². The van der Waals surface area contributed by atoms with E-state index in [0.29, 0.717) is 48.7 Å². The minimum Gasteiger partial charge on any atom is -0.489 e. The number of piperazine rings is 1. The van der Waals surface area contributed by atoms with Crippen molar-refractivity contribution in [1.82, 2.24) is 44.9 Å². The van der Waals surface area contributed by atoms with Crippen LogP contribution in [0.4, 0.5) is 4.39 Å². The maximum Gasteiger partial charge on any atom is 0.270 e. The summed E-state index contributed by atoms with van der Waals surface area (Å²) in [7, 11) is 1.72. The second kappa shape index (κ2) is 21.8. The van der Waals surface area contributed by atoms with Crippen LogP contribution in [-0.4, -0.2) is 142 Å². The Balaban J connectivity index is 0.00000608. The van der Waals surface area contributed by atoms with Crippen molar-refractivity contribution < 1.29 is 37.6 Å². The van der Waals surface area contributed by atoms with Crippen LogP contribution in [0, 0.1) is 11.7 Å². The van der Waals surface area contributed by atoms with E-state index in [1.807, 2.05) is 23.6 Å². The molecule has 1 aliphatic carbocycles. The molecule has 4 amide bonds. The van der Waals surface area contributed by atoms with E-state index in [2.05, 4.69) is 25.7 Å². The molecule has 2 N–H and O–H groups in total. The summed E-state index contributed by atoms with van der Waals surface area (Å²) in [5.41, 5.74) is 1.82. The second-order valence-corrected chi connectivity index (χ2v) is 19.1. The molecule has 5 aromatic rings. The molecular weight excluding hydrogens is 901 g/mol. The molecule has 0 bridgehead atoms. The molecule has 4 aliphatic rings. The molecule has 67 heavy (non-hydrogen) atoms. The van der Waals surface area contributed by atoms with Crippen molar-refractivity contribution in [1.29, 1.82) is 0 Å². The Morgan fingerprint density at radius 3 is 2.46 bits per heavy atom. The van der Waals surface area contributed by atoms with Crippen LogP contribution < -0.4 is 20.1 Å². The summed E-state index contributed by atoms with van der Waals surface area (Å²) in [5.74, 6) is 0.785. The van der Waals surface area contributed by atoms with Crippen LogP contribution in [0.2, 0.25) is 0 Å². The number of likely N-dealkylation sites (tertiary alicyclic amines) is 2. The SMILES string of the molecule is CNC(C)C(=O)N[C@H](C(=O)N1CCN(C(=O)c2cc3cc(F)ccc3n2CC(=O)N2CCCC2COc2cc(CN3CCC(Oc4ccnc5ccsc45)CC3)on2)CC1)C1CCCCC1.Cl. The molecule has 1 aromatic carbocycles. The smallest absolute Gasteiger partial charge is 0.270 e. The number of carbonyl (C=O) groups is 4. The van der Waals surface area contributed by atoms with Gasteiger partial charge in [-0.15, -0.1) is 23.7 Å². The normalized spacial score (nSPS) is 19.6. The Morgan fingerprint density at radius 2 is 1.69 bits per heavy atom. The van der Waals surface area contributed by atoms with Gasteiger partial charge in [0.25, 0.3) is 11.8 Å². The number of piperidine rings is 1. The lowest BCUT2D eigenvalue weighted by atomic mass is 9.83. The number of benzene rings is 1. The molecule has 4 aromatic heterocycles. The van der Waals surface area contributed by atoms with E-state index in [1.165, 1.54) is 12.1 Å². The van der Waals surface area contributed by atoms with Gasteiger partial charge in [0.15, 0.2) is 5.76 Å². The number of fused-ring (bicyclic) bond motifs is 2. The van der Waals surface area contributed by atoms with E-state index in [-0.39, 0.29) is 86.0 Å². The van der Waals surface area contributed by atoms with Gasteiger partial charge >= 0.3 is 0 Å². The molecule has 19 heteroatoms. The Kier molecular flexibility index (Phi) is 15.6. The highest BCUT2D eigenvalue weighted by molar-refractivity contribution is 7.17. The summed E-state index contributed by atoms with van der Waals surface area (Å²) in [4.78, 5) is 67.5. The van der Waals surface area contributed by atoms with E-state index >= 15 is 0 Å². The van der Waals surface area contributed by atoms with Gasteiger partial charge in [-0.1, -0.05) is 19.3 Å². The van der Waals surface area contributed by atoms with Crippen molar-refractivity contribution in [2.75, 3.05) is 59.5 Å². The Labute approximate surface area is 399 Å². The molecule has 3 saturated heterocycles. The number of hydrogen-bond donors (Lipinski definition) is 2. The zero-order chi connectivity index (χ0) is 45.7. The summed E-state index contributed by atoms with van der Waals surface area (Å²) in [6, 6.07) is 10.5. The molecule has 2 unspecified atom stereocenters. The zero-order valence-electron chi connectivity index (χ0n) is 38.2. The summed E-state index contributed by atoms with van der Waals surface area (Å²) in [5, 5.41) is 12.7. The first-order chi connectivity index (χ1) is 32.1. The fraction of sp³-hybridized carbons (Fsp3) is 0.542. The van der Waals surface area contributed by atoms with Crippen LogP contribution in [0.3, 0.4) is 0 Å². The van der Waals surface area contributed by atoms with Gasteiger partial charge < -0.3 is 43.9 Å². The van der Waals surface area contributed by atoms with Gasteiger partial charge in [0.05, 0.1) is 28.8 Å². The number of carbonyl (C=O) groups excluding carboxylic acids is 4. The first-order valence-corrected chi connectivity index (χ1v) is 24.4. The van der Waals surface area contributed by atoms with Gasteiger partial charge in [0.1, 0.15) is 42.6 Å². The fourth-order valence-electron chi connectivity index (χ4n) is 10.0. The van der Waals surface area contributed by atoms with Crippen molar-refractivity contribution in [2.24, 2.45) is 5.92 Å².